The number of allylic oxidation sites excluding steroid dienone is 3. The molecular weight excluding hydrogens is 546 g/mol. The summed E-state index contributed by atoms with van der Waals surface area (Å²) >= 11 is 6.45. The lowest BCUT2D eigenvalue weighted by molar-refractivity contribution is 0.120. The number of hydrogen-bond donors (Lipinski definition) is 3. The molecule has 1 aromatic heterocycles. The minimum atomic E-state index is -3.52. The van der Waals surface area contributed by atoms with E-state index in [0.29, 0.717) is 35.3 Å². The van der Waals surface area contributed by atoms with Gasteiger partial charge in [0.15, 0.2) is 15.7 Å². The van der Waals surface area contributed by atoms with Crippen LogP contribution in [-0.2, 0) is 14.6 Å². The number of halogens is 1. The Hall–Kier alpha value is -2.62. The maximum atomic E-state index is 12.9. The van der Waals surface area contributed by atoms with E-state index in [4.69, 9.17) is 16.3 Å². The Labute approximate surface area is 244 Å². The van der Waals surface area contributed by atoms with Crippen molar-refractivity contribution in [3.8, 4) is 0 Å². The number of benzene rings is 1. The first kappa shape index (κ1) is 30.3. The van der Waals surface area contributed by atoms with Crippen LogP contribution in [0.15, 0.2) is 58.5 Å². The molecule has 1 fully saturated rings. The highest BCUT2D eigenvalue weighted by Gasteiger charge is 2.32. The number of sulfone groups is 1. The van der Waals surface area contributed by atoms with E-state index >= 15 is 0 Å². The molecule has 0 amide bonds. The van der Waals surface area contributed by atoms with Gasteiger partial charge in [0.2, 0.25) is 5.95 Å². The van der Waals surface area contributed by atoms with E-state index in [1.807, 2.05) is 13.8 Å². The van der Waals surface area contributed by atoms with Crippen molar-refractivity contribution in [3.05, 3.63) is 58.6 Å². The van der Waals surface area contributed by atoms with Gasteiger partial charge in [-0.1, -0.05) is 29.3 Å². The van der Waals surface area contributed by atoms with Crippen molar-refractivity contribution < 1.29 is 13.2 Å². The lowest BCUT2D eigenvalue weighted by atomic mass is 9.72. The summed E-state index contributed by atoms with van der Waals surface area (Å²) in [6.07, 6.45) is 9.35. The Morgan fingerprint density at radius 3 is 2.40 bits per heavy atom. The fourth-order valence-electron chi connectivity index (χ4n) is 5.57. The highest BCUT2D eigenvalue weighted by Crippen LogP contribution is 2.41. The third-order valence-corrected chi connectivity index (χ3v) is 10.3. The van der Waals surface area contributed by atoms with E-state index in [0.717, 1.165) is 17.9 Å². The van der Waals surface area contributed by atoms with Gasteiger partial charge in [-0.15, -0.1) is 0 Å². The molecular formula is C30H42ClN5O3S. The molecule has 1 aromatic carbocycles. The Kier molecular flexibility index (Phi) is 9.80. The van der Waals surface area contributed by atoms with Gasteiger partial charge in [0, 0.05) is 12.5 Å². The normalized spacial score (nSPS) is 21.9. The van der Waals surface area contributed by atoms with Crippen molar-refractivity contribution in [2.75, 3.05) is 17.7 Å². The summed E-state index contributed by atoms with van der Waals surface area (Å²) in [7, 11) is -1.46. The second-order valence-electron chi connectivity index (χ2n) is 11.3. The van der Waals surface area contributed by atoms with Crippen LogP contribution >= 0.6 is 11.6 Å². The fraction of sp³-hybridized carbons (Fsp3) is 0.533. The van der Waals surface area contributed by atoms with Gasteiger partial charge in [-0.05, 0) is 97.4 Å². The number of para-hydroxylation sites is 1. The van der Waals surface area contributed by atoms with Crippen molar-refractivity contribution >= 4 is 38.9 Å². The van der Waals surface area contributed by atoms with Gasteiger partial charge in [0.25, 0.3) is 0 Å². The number of nitrogens with zero attached hydrogens (tertiary/aromatic N) is 2. The first-order valence-corrected chi connectivity index (χ1v) is 16.1. The first-order chi connectivity index (χ1) is 19.0. The molecule has 4 rings (SSSR count). The Balaban J connectivity index is 1.59. The summed E-state index contributed by atoms with van der Waals surface area (Å²) < 4.78 is 32.2. The summed E-state index contributed by atoms with van der Waals surface area (Å²) in [5.74, 6) is 2.64. The molecule has 218 valence electrons. The second-order valence-corrected chi connectivity index (χ2v) is 14.2. The standard InChI is InChI=1S/C30H42ClN5O3S/c1-18(2)39-27-16-23(21-11-13-22(32-6)14-12-21)20(5)15-26(27)35-30-33-17-24(31)29(36-30)34-25-9-7-8-10-28(25)40(37,38)19(3)4/h7-10,15,17-19,21-23,32H,11-14,16H2,1-6H3,(H2,33,34,35,36). The molecule has 3 N–H and O–H groups in total. The van der Waals surface area contributed by atoms with E-state index in [9.17, 15) is 8.42 Å². The largest absolute Gasteiger partial charge is 0.493 e. The SMILES string of the molecule is CNC1CCC(C2CC(OC(C)C)=C(Nc3ncc(Cl)c(Nc4ccccc4S(=O)(=O)C(C)C)n3)C=C2C)CC1. The van der Waals surface area contributed by atoms with Crippen LogP contribution < -0.4 is 16.0 Å². The number of anilines is 3. The molecule has 1 unspecified atom stereocenters. The van der Waals surface area contributed by atoms with E-state index < -0.39 is 15.1 Å². The monoisotopic (exact) mass is 587 g/mol. The summed E-state index contributed by atoms with van der Waals surface area (Å²) in [6.45, 7) is 9.59. The number of rotatable bonds is 10. The molecule has 0 spiro atoms. The fourth-order valence-corrected chi connectivity index (χ4v) is 6.91. The third-order valence-electron chi connectivity index (χ3n) is 7.85. The van der Waals surface area contributed by atoms with Crippen molar-refractivity contribution in [3.63, 3.8) is 0 Å². The van der Waals surface area contributed by atoms with E-state index in [-0.39, 0.29) is 16.0 Å². The lowest BCUT2D eigenvalue weighted by Gasteiger charge is -2.37. The molecule has 2 aliphatic rings. The zero-order valence-electron chi connectivity index (χ0n) is 24.3. The van der Waals surface area contributed by atoms with Crippen LogP contribution in [0.5, 0.6) is 0 Å². The molecule has 10 heteroatoms. The molecule has 8 nitrogen and oxygen atoms in total. The highest BCUT2D eigenvalue weighted by molar-refractivity contribution is 7.92. The van der Waals surface area contributed by atoms with Crippen LogP contribution in [0.2, 0.25) is 5.02 Å². The molecule has 0 bridgehead atoms. The van der Waals surface area contributed by atoms with E-state index in [1.165, 1.54) is 37.5 Å². The summed E-state index contributed by atoms with van der Waals surface area (Å²) in [6, 6.07) is 7.38. The Bertz CT molecular complexity index is 1370. The molecule has 2 aromatic rings. The van der Waals surface area contributed by atoms with Gasteiger partial charge in [0.1, 0.15) is 10.8 Å². The van der Waals surface area contributed by atoms with Gasteiger partial charge in [-0.3, -0.25) is 0 Å². The van der Waals surface area contributed by atoms with Crippen molar-refractivity contribution in [2.45, 2.75) is 89.0 Å². The van der Waals surface area contributed by atoms with Gasteiger partial charge in [-0.2, -0.15) is 4.98 Å². The Morgan fingerprint density at radius 1 is 1.05 bits per heavy atom. The first-order valence-electron chi connectivity index (χ1n) is 14.1. The number of hydrogen-bond acceptors (Lipinski definition) is 8. The second kappa shape index (κ2) is 12.9. The smallest absolute Gasteiger partial charge is 0.229 e. The minimum absolute atomic E-state index is 0.0297. The molecule has 0 aliphatic heterocycles. The topological polar surface area (TPSA) is 105 Å². The zero-order valence-corrected chi connectivity index (χ0v) is 25.9. The summed E-state index contributed by atoms with van der Waals surface area (Å²) in [5, 5.41) is 9.62. The number of ether oxygens (including phenoxy) is 1. The van der Waals surface area contributed by atoms with Crippen LogP contribution in [-0.4, -0.2) is 42.8 Å². The quantitative estimate of drug-likeness (QED) is 0.277. The van der Waals surface area contributed by atoms with Crippen molar-refractivity contribution in [2.24, 2.45) is 11.8 Å². The van der Waals surface area contributed by atoms with Gasteiger partial charge >= 0.3 is 0 Å². The zero-order chi connectivity index (χ0) is 29.0. The average Bonchev–Trinajstić information content (AvgIpc) is 2.92. The Morgan fingerprint density at radius 2 is 1.75 bits per heavy atom. The molecule has 1 atom stereocenters. The average molecular weight is 588 g/mol. The van der Waals surface area contributed by atoms with Crippen LogP contribution in [0, 0.1) is 11.8 Å². The van der Waals surface area contributed by atoms with E-state index in [2.05, 4.69) is 46.0 Å². The van der Waals surface area contributed by atoms with E-state index in [1.54, 1.807) is 38.1 Å². The van der Waals surface area contributed by atoms with Crippen LogP contribution in [0.3, 0.4) is 0 Å². The molecule has 1 saturated carbocycles. The van der Waals surface area contributed by atoms with Crippen LogP contribution in [0.1, 0.15) is 66.7 Å². The van der Waals surface area contributed by atoms with Crippen LogP contribution in [0.25, 0.3) is 0 Å². The van der Waals surface area contributed by atoms with Gasteiger partial charge < -0.3 is 20.7 Å². The molecule has 2 aliphatic carbocycles. The maximum Gasteiger partial charge on any atom is 0.229 e. The maximum absolute atomic E-state index is 12.9. The predicted octanol–water partition coefficient (Wildman–Crippen LogP) is 6.85. The lowest BCUT2D eigenvalue weighted by Crippen LogP contribution is -2.33. The van der Waals surface area contributed by atoms with Crippen molar-refractivity contribution in [1.29, 1.82) is 0 Å². The predicted molar refractivity (Wildman–Crippen MR) is 163 cm³/mol. The van der Waals surface area contributed by atoms with Gasteiger partial charge in [0.05, 0.1) is 33.8 Å². The molecule has 1 heterocycles. The number of nitrogens with one attached hydrogen (secondary N) is 3. The summed E-state index contributed by atoms with van der Waals surface area (Å²) in [5.41, 5.74) is 2.57. The molecule has 40 heavy (non-hydrogen) atoms. The van der Waals surface area contributed by atoms with Crippen LogP contribution in [0.4, 0.5) is 17.5 Å². The number of aromatic nitrogens is 2. The third kappa shape index (κ3) is 6.98. The summed E-state index contributed by atoms with van der Waals surface area (Å²) in [4.78, 5) is 9.21. The van der Waals surface area contributed by atoms with Crippen molar-refractivity contribution in [1.82, 2.24) is 15.3 Å². The van der Waals surface area contributed by atoms with Gasteiger partial charge in [-0.25, -0.2) is 13.4 Å². The highest BCUT2D eigenvalue weighted by atomic mass is 35.5. The molecule has 0 radical (unpaired) electrons. The minimum Gasteiger partial charge on any atom is -0.493 e. The molecule has 0 saturated heterocycles.